The molecule has 0 unspecified atom stereocenters. The highest BCUT2D eigenvalue weighted by Crippen LogP contribution is 2.21. The standard InChI is InChI=1S/C11H22N2O2/c1-12(9-11(14)15)7-8-13(2)10-5-3-4-6-10/h10H,3-9H2,1-2H3,(H,14,15). The number of rotatable bonds is 6. The van der Waals surface area contributed by atoms with Gasteiger partial charge in [-0.05, 0) is 26.9 Å². The summed E-state index contributed by atoms with van der Waals surface area (Å²) >= 11 is 0. The molecule has 15 heavy (non-hydrogen) atoms. The van der Waals surface area contributed by atoms with Gasteiger partial charge in [0.15, 0.2) is 0 Å². The lowest BCUT2D eigenvalue weighted by atomic mass is 10.2. The highest BCUT2D eigenvalue weighted by atomic mass is 16.4. The van der Waals surface area contributed by atoms with E-state index in [1.165, 1.54) is 25.7 Å². The van der Waals surface area contributed by atoms with Gasteiger partial charge in [-0.15, -0.1) is 0 Å². The summed E-state index contributed by atoms with van der Waals surface area (Å²) in [5.74, 6) is -0.749. The van der Waals surface area contributed by atoms with Crippen LogP contribution in [0.2, 0.25) is 0 Å². The third kappa shape index (κ3) is 4.62. The highest BCUT2D eigenvalue weighted by molar-refractivity contribution is 5.68. The lowest BCUT2D eigenvalue weighted by molar-refractivity contribution is -0.138. The Labute approximate surface area is 91.9 Å². The van der Waals surface area contributed by atoms with Crippen LogP contribution in [-0.2, 0) is 4.79 Å². The Morgan fingerprint density at radius 3 is 2.40 bits per heavy atom. The lowest BCUT2D eigenvalue weighted by Crippen LogP contribution is -2.37. The van der Waals surface area contributed by atoms with Crippen LogP contribution >= 0.6 is 0 Å². The molecule has 0 radical (unpaired) electrons. The third-order valence-corrected chi connectivity index (χ3v) is 3.19. The van der Waals surface area contributed by atoms with E-state index in [4.69, 9.17) is 5.11 Å². The largest absolute Gasteiger partial charge is 0.480 e. The third-order valence-electron chi connectivity index (χ3n) is 3.19. The zero-order valence-electron chi connectivity index (χ0n) is 9.78. The Kier molecular flexibility index (Phi) is 5.05. The highest BCUT2D eigenvalue weighted by Gasteiger charge is 2.19. The SMILES string of the molecule is CN(CCN(C)C1CCCC1)CC(=O)O. The van der Waals surface area contributed by atoms with E-state index in [9.17, 15) is 4.79 Å². The van der Waals surface area contributed by atoms with E-state index in [0.29, 0.717) is 0 Å². The summed E-state index contributed by atoms with van der Waals surface area (Å²) in [6, 6.07) is 0.725. The van der Waals surface area contributed by atoms with Gasteiger partial charge in [-0.1, -0.05) is 12.8 Å². The number of hydrogen-bond donors (Lipinski definition) is 1. The summed E-state index contributed by atoms with van der Waals surface area (Å²) in [4.78, 5) is 14.7. The molecule has 0 spiro atoms. The fraction of sp³-hybridized carbons (Fsp3) is 0.909. The van der Waals surface area contributed by atoms with Gasteiger partial charge in [0.05, 0.1) is 6.54 Å². The van der Waals surface area contributed by atoms with Gasteiger partial charge >= 0.3 is 5.97 Å². The summed E-state index contributed by atoms with van der Waals surface area (Å²) in [7, 11) is 4.00. The fourth-order valence-electron chi connectivity index (χ4n) is 2.17. The molecule has 0 aliphatic heterocycles. The maximum absolute atomic E-state index is 10.5. The smallest absolute Gasteiger partial charge is 0.317 e. The molecular weight excluding hydrogens is 192 g/mol. The number of hydrogen-bond acceptors (Lipinski definition) is 3. The van der Waals surface area contributed by atoms with Crippen LogP contribution in [0, 0.1) is 0 Å². The van der Waals surface area contributed by atoms with Gasteiger partial charge in [-0.3, -0.25) is 9.69 Å². The summed E-state index contributed by atoms with van der Waals surface area (Å²) in [6.07, 6.45) is 5.30. The fourth-order valence-corrected chi connectivity index (χ4v) is 2.17. The molecule has 0 aromatic carbocycles. The summed E-state index contributed by atoms with van der Waals surface area (Å²) in [5.41, 5.74) is 0. The molecule has 1 aliphatic rings. The predicted molar refractivity (Wildman–Crippen MR) is 60.0 cm³/mol. The summed E-state index contributed by atoms with van der Waals surface area (Å²) in [5, 5.41) is 8.61. The normalized spacial score (nSPS) is 17.9. The number of aliphatic carboxylic acids is 1. The van der Waals surface area contributed by atoms with Crippen molar-refractivity contribution in [3.8, 4) is 0 Å². The van der Waals surface area contributed by atoms with Crippen LogP contribution in [0.4, 0.5) is 0 Å². The van der Waals surface area contributed by atoms with Crippen LogP contribution in [-0.4, -0.2) is 60.6 Å². The molecule has 0 saturated heterocycles. The summed E-state index contributed by atoms with van der Waals surface area (Å²) < 4.78 is 0. The first-order valence-corrected chi connectivity index (χ1v) is 5.70. The van der Waals surface area contributed by atoms with Crippen LogP contribution in [0.15, 0.2) is 0 Å². The van der Waals surface area contributed by atoms with Crippen LogP contribution in [0.5, 0.6) is 0 Å². The molecule has 0 bridgehead atoms. The number of likely N-dealkylation sites (N-methyl/N-ethyl adjacent to an activating group) is 2. The van der Waals surface area contributed by atoms with Gasteiger partial charge in [-0.25, -0.2) is 0 Å². The van der Waals surface area contributed by atoms with Gasteiger partial charge in [0.1, 0.15) is 0 Å². The van der Waals surface area contributed by atoms with Crippen LogP contribution in [0.25, 0.3) is 0 Å². The Balaban J connectivity index is 2.15. The van der Waals surface area contributed by atoms with Crippen molar-refractivity contribution < 1.29 is 9.90 Å². The number of nitrogens with zero attached hydrogens (tertiary/aromatic N) is 2. The number of carbonyl (C=O) groups is 1. The Bertz CT molecular complexity index is 203. The Hall–Kier alpha value is -0.610. The molecular formula is C11H22N2O2. The molecule has 1 rings (SSSR count). The zero-order chi connectivity index (χ0) is 11.3. The van der Waals surface area contributed by atoms with Crippen molar-refractivity contribution in [2.24, 2.45) is 0 Å². The van der Waals surface area contributed by atoms with Crippen LogP contribution in [0.1, 0.15) is 25.7 Å². The topological polar surface area (TPSA) is 43.8 Å². The maximum Gasteiger partial charge on any atom is 0.317 e. The average molecular weight is 214 g/mol. The molecule has 4 nitrogen and oxygen atoms in total. The van der Waals surface area contributed by atoms with Gasteiger partial charge in [0.2, 0.25) is 0 Å². The van der Waals surface area contributed by atoms with Crippen molar-refractivity contribution in [1.29, 1.82) is 0 Å². The second-order valence-corrected chi connectivity index (χ2v) is 4.55. The molecule has 0 aromatic heterocycles. The van der Waals surface area contributed by atoms with E-state index in [1.807, 2.05) is 11.9 Å². The van der Waals surface area contributed by atoms with Crippen molar-refractivity contribution in [1.82, 2.24) is 9.80 Å². The minimum Gasteiger partial charge on any atom is -0.480 e. The molecule has 0 heterocycles. The quantitative estimate of drug-likeness (QED) is 0.713. The van der Waals surface area contributed by atoms with Gasteiger partial charge in [-0.2, -0.15) is 0 Å². The molecule has 4 heteroatoms. The van der Waals surface area contributed by atoms with E-state index < -0.39 is 5.97 Å². The second-order valence-electron chi connectivity index (χ2n) is 4.55. The average Bonchev–Trinajstić information content (AvgIpc) is 2.65. The minimum absolute atomic E-state index is 0.137. The predicted octanol–water partition coefficient (Wildman–Crippen LogP) is 0.877. The Morgan fingerprint density at radius 2 is 1.87 bits per heavy atom. The molecule has 1 aliphatic carbocycles. The van der Waals surface area contributed by atoms with Crippen LogP contribution in [0.3, 0.4) is 0 Å². The van der Waals surface area contributed by atoms with E-state index in [1.54, 1.807) is 0 Å². The monoisotopic (exact) mass is 214 g/mol. The maximum atomic E-state index is 10.5. The van der Waals surface area contributed by atoms with Crippen molar-refractivity contribution in [2.45, 2.75) is 31.7 Å². The molecule has 0 amide bonds. The van der Waals surface area contributed by atoms with Crippen molar-refractivity contribution >= 4 is 5.97 Å². The van der Waals surface area contributed by atoms with E-state index in [-0.39, 0.29) is 6.54 Å². The number of carboxylic acids is 1. The van der Waals surface area contributed by atoms with E-state index >= 15 is 0 Å². The molecule has 0 aromatic rings. The molecule has 1 N–H and O–H groups in total. The molecule has 88 valence electrons. The minimum atomic E-state index is -0.749. The van der Waals surface area contributed by atoms with Gasteiger partial charge < -0.3 is 10.0 Å². The van der Waals surface area contributed by atoms with Crippen LogP contribution < -0.4 is 0 Å². The van der Waals surface area contributed by atoms with Crippen molar-refractivity contribution in [3.63, 3.8) is 0 Å². The van der Waals surface area contributed by atoms with Gasteiger partial charge in [0.25, 0.3) is 0 Å². The lowest BCUT2D eigenvalue weighted by Gasteiger charge is -2.26. The Morgan fingerprint density at radius 1 is 1.27 bits per heavy atom. The molecule has 0 atom stereocenters. The first-order valence-electron chi connectivity index (χ1n) is 5.70. The summed E-state index contributed by atoms with van der Waals surface area (Å²) in [6.45, 7) is 1.94. The molecule has 1 fully saturated rings. The first-order chi connectivity index (χ1) is 7.09. The van der Waals surface area contributed by atoms with E-state index in [0.717, 1.165) is 19.1 Å². The first kappa shape index (κ1) is 12.5. The van der Waals surface area contributed by atoms with Crippen molar-refractivity contribution in [3.05, 3.63) is 0 Å². The number of carboxylic acid groups (broad SMARTS) is 1. The molecule has 1 saturated carbocycles. The van der Waals surface area contributed by atoms with E-state index in [2.05, 4.69) is 11.9 Å². The van der Waals surface area contributed by atoms with Crippen molar-refractivity contribution in [2.75, 3.05) is 33.7 Å². The zero-order valence-corrected chi connectivity index (χ0v) is 9.78. The second kappa shape index (κ2) is 6.08. The van der Waals surface area contributed by atoms with Gasteiger partial charge in [0, 0.05) is 19.1 Å².